The van der Waals surface area contributed by atoms with E-state index in [-0.39, 0.29) is 4.90 Å². The van der Waals surface area contributed by atoms with Crippen LogP contribution in [0.5, 0.6) is 5.75 Å². The molecule has 0 radical (unpaired) electrons. The number of nitrogens with one attached hydrogen (secondary N) is 1. The minimum atomic E-state index is -3.53. The van der Waals surface area contributed by atoms with Crippen molar-refractivity contribution in [3.05, 3.63) is 54.1 Å². The topological polar surface area (TPSA) is 67.9 Å². The molecule has 6 nitrogen and oxygen atoms in total. The van der Waals surface area contributed by atoms with E-state index in [0.717, 1.165) is 19.4 Å². The van der Waals surface area contributed by atoms with Crippen molar-refractivity contribution >= 4 is 15.7 Å². The molecule has 0 bridgehead atoms. The van der Waals surface area contributed by atoms with Crippen LogP contribution in [-0.2, 0) is 21.2 Å². The molecule has 0 aliphatic carbocycles. The lowest BCUT2D eigenvalue weighted by molar-refractivity contribution is 0.0730. The maximum absolute atomic E-state index is 12.9. The van der Waals surface area contributed by atoms with Crippen LogP contribution in [-0.4, -0.2) is 52.2 Å². The first-order valence-electron chi connectivity index (χ1n) is 9.74. The Hall–Kier alpha value is -2.09. The Morgan fingerprint density at radius 2 is 1.86 bits per heavy atom. The Morgan fingerprint density at radius 3 is 2.57 bits per heavy atom. The fourth-order valence-electron chi connectivity index (χ4n) is 3.19. The molecule has 2 aromatic rings. The van der Waals surface area contributed by atoms with Crippen molar-refractivity contribution in [2.24, 2.45) is 0 Å². The number of rotatable bonds is 9. The normalized spacial score (nSPS) is 15.3. The van der Waals surface area contributed by atoms with E-state index in [1.807, 2.05) is 25.1 Å². The van der Waals surface area contributed by atoms with Gasteiger partial charge < -0.3 is 14.8 Å². The number of hydrogen-bond acceptors (Lipinski definition) is 5. The van der Waals surface area contributed by atoms with Crippen LogP contribution in [0.1, 0.15) is 18.9 Å². The van der Waals surface area contributed by atoms with Crippen molar-refractivity contribution in [3.8, 4) is 5.75 Å². The van der Waals surface area contributed by atoms with E-state index in [0.29, 0.717) is 44.3 Å². The number of nitrogens with zero attached hydrogens (tertiary/aromatic N) is 1. The van der Waals surface area contributed by atoms with Crippen LogP contribution in [0.3, 0.4) is 0 Å². The van der Waals surface area contributed by atoms with Crippen molar-refractivity contribution in [1.82, 2.24) is 4.31 Å². The average molecular weight is 405 g/mol. The van der Waals surface area contributed by atoms with Gasteiger partial charge in [0.05, 0.1) is 30.4 Å². The molecule has 0 amide bonds. The molecule has 0 atom stereocenters. The van der Waals surface area contributed by atoms with E-state index in [1.54, 1.807) is 18.2 Å². The van der Waals surface area contributed by atoms with Gasteiger partial charge in [-0.1, -0.05) is 30.3 Å². The Kier molecular flexibility index (Phi) is 7.30. The van der Waals surface area contributed by atoms with Gasteiger partial charge in [-0.15, -0.1) is 0 Å². The number of benzene rings is 2. The highest BCUT2D eigenvalue weighted by Crippen LogP contribution is 2.29. The Balaban J connectivity index is 1.70. The lowest BCUT2D eigenvalue weighted by Gasteiger charge is -2.26. The molecule has 3 rings (SSSR count). The lowest BCUT2D eigenvalue weighted by Crippen LogP contribution is -2.40. The zero-order valence-electron chi connectivity index (χ0n) is 16.3. The summed E-state index contributed by atoms with van der Waals surface area (Å²) in [5.41, 5.74) is 2.00. The Bertz CT molecular complexity index is 850. The monoisotopic (exact) mass is 404 g/mol. The molecule has 1 saturated heterocycles. The molecule has 0 saturated carbocycles. The SMILES string of the molecule is CCOc1ccc(S(=O)(=O)N2CCOCC2)cc1NCCCc1ccccc1. The van der Waals surface area contributed by atoms with E-state index >= 15 is 0 Å². The molecular weight excluding hydrogens is 376 g/mol. The molecule has 1 N–H and O–H groups in total. The molecule has 0 spiro atoms. The van der Waals surface area contributed by atoms with Gasteiger partial charge in [-0.3, -0.25) is 0 Å². The van der Waals surface area contributed by atoms with E-state index < -0.39 is 10.0 Å². The van der Waals surface area contributed by atoms with Crippen molar-refractivity contribution in [2.45, 2.75) is 24.7 Å². The minimum Gasteiger partial charge on any atom is -0.492 e. The maximum Gasteiger partial charge on any atom is 0.243 e. The van der Waals surface area contributed by atoms with E-state index in [4.69, 9.17) is 9.47 Å². The number of sulfonamides is 1. The first kappa shape index (κ1) is 20.6. The van der Waals surface area contributed by atoms with Crippen LogP contribution < -0.4 is 10.1 Å². The zero-order valence-corrected chi connectivity index (χ0v) is 17.1. The lowest BCUT2D eigenvalue weighted by atomic mass is 10.1. The van der Waals surface area contributed by atoms with Crippen LogP contribution >= 0.6 is 0 Å². The summed E-state index contributed by atoms with van der Waals surface area (Å²) in [6.45, 7) is 4.80. The van der Waals surface area contributed by atoms with Gasteiger partial charge in [-0.25, -0.2) is 8.42 Å². The third-order valence-corrected chi connectivity index (χ3v) is 6.55. The summed E-state index contributed by atoms with van der Waals surface area (Å²) in [4.78, 5) is 0.281. The predicted molar refractivity (Wildman–Crippen MR) is 110 cm³/mol. The van der Waals surface area contributed by atoms with Crippen LogP contribution in [0.4, 0.5) is 5.69 Å². The Labute approximate surface area is 167 Å². The summed E-state index contributed by atoms with van der Waals surface area (Å²) in [6, 6.07) is 15.3. The highest BCUT2D eigenvalue weighted by molar-refractivity contribution is 7.89. The molecule has 0 unspecified atom stereocenters. The number of hydrogen-bond donors (Lipinski definition) is 1. The Morgan fingerprint density at radius 1 is 1.11 bits per heavy atom. The fraction of sp³-hybridized carbons (Fsp3) is 0.429. The molecular formula is C21H28N2O4S. The molecule has 0 aromatic heterocycles. The number of morpholine rings is 1. The zero-order chi connectivity index (χ0) is 19.8. The van der Waals surface area contributed by atoms with E-state index in [9.17, 15) is 8.42 Å². The second kappa shape index (κ2) is 9.91. The first-order valence-corrected chi connectivity index (χ1v) is 11.2. The third-order valence-electron chi connectivity index (χ3n) is 4.66. The molecule has 1 aliphatic rings. The standard InChI is InChI=1S/C21H28N2O4S/c1-2-27-21-11-10-19(28(24,25)23-13-15-26-16-14-23)17-20(21)22-12-6-9-18-7-4-3-5-8-18/h3-5,7-8,10-11,17,22H,2,6,9,12-16H2,1H3. The predicted octanol–water partition coefficient (Wildman–Crippen LogP) is 3.15. The summed E-state index contributed by atoms with van der Waals surface area (Å²) < 4.78 is 38.3. The van der Waals surface area contributed by atoms with Crippen molar-refractivity contribution in [3.63, 3.8) is 0 Å². The van der Waals surface area contributed by atoms with Gasteiger partial charge in [-0.05, 0) is 43.5 Å². The highest BCUT2D eigenvalue weighted by atomic mass is 32.2. The van der Waals surface area contributed by atoms with Gasteiger partial charge in [0.15, 0.2) is 0 Å². The second-order valence-electron chi connectivity index (χ2n) is 6.62. The molecule has 152 valence electrons. The quantitative estimate of drug-likeness (QED) is 0.651. The highest BCUT2D eigenvalue weighted by Gasteiger charge is 2.27. The van der Waals surface area contributed by atoms with Gasteiger partial charge in [0.2, 0.25) is 10.0 Å². The maximum atomic E-state index is 12.9. The van der Waals surface area contributed by atoms with Gasteiger partial charge in [-0.2, -0.15) is 4.31 Å². The van der Waals surface area contributed by atoms with Crippen molar-refractivity contribution < 1.29 is 17.9 Å². The van der Waals surface area contributed by atoms with Crippen LogP contribution in [0, 0.1) is 0 Å². The summed E-state index contributed by atoms with van der Waals surface area (Å²) in [5.74, 6) is 0.670. The molecule has 1 fully saturated rings. The number of anilines is 1. The summed E-state index contributed by atoms with van der Waals surface area (Å²) in [7, 11) is -3.53. The minimum absolute atomic E-state index is 0.281. The van der Waals surface area contributed by atoms with Crippen LogP contribution in [0.2, 0.25) is 0 Å². The average Bonchev–Trinajstić information content (AvgIpc) is 2.73. The van der Waals surface area contributed by atoms with Gasteiger partial charge in [0.1, 0.15) is 5.75 Å². The van der Waals surface area contributed by atoms with Gasteiger partial charge in [0, 0.05) is 19.6 Å². The molecule has 2 aromatic carbocycles. The number of ether oxygens (including phenoxy) is 2. The third kappa shape index (κ3) is 5.25. The summed E-state index contributed by atoms with van der Waals surface area (Å²) in [5, 5.41) is 3.35. The molecule has 1 heterocycles. The van der Waals surface area contributed by atoms with Crippen LogP contribution in [0.25, 0.3) is 0 Å². The first-order chi connectivity index (χ1) is 13.6. The fourth-order valence-corrected chi connectivity index (χ4v) is 4.62. The van der Waals surface area contributed by atoms with Crippen molar-refractivity contribution in [1.29, 1.82) is 0 Å². The smallest absolute Gasteiger partial charge is 0.243 e. The largest absolute Gasteiger partial charge is 0.492 e. The second-order valence-corrected chi connectivity index (χ2v) is 8.56. The number of aryl methyl sites for hydroxylation is 1. The summed E-state index contributed by atoms with van der Waals surface area (Å²) in [6.07, 6.45) is 1.90. The molecule has 1 aliphatic heterocycles. The molecule has 28 heavy (non-hydrogen) atoms. The van der Waals surface area contributed by atoms with E-state index in [1.165, 1.54) is 9.87 Å². The van der Waals surface area contributed by atoms with Crippen molar-refractivity contribution in [2.75, 3.05) is 44.8 Å². The van der Waals surface area contributed by atoms with Gasteiger partial charge >= 0.3 is 0 Å². The molecule has 7 heteroatoms. The van der Waals surface area contributed by atoms with Crippen LogP contribution in [0.15, 0.2) is 53.4 Å². The van der Waals surface area contributed by atoms with E-state index in [2.05, 4.69) is 17.4 Å². The summed E-state index contributed by atoms with van der Waals surface area (Å²) >= 11 is 0. The van der Waals surface area contributed by atoms with Gasteiger partial charge in [0.25, 0.3) is 0 Å².